The fourth-order valence-corrected chi connectivity index (χ4v) is 2.48. The zero-order chi connectivity index (χ0) is 19.5. The number of rotatable bonds is 8. The molecule has 0 spiro atoms. The number of hydrogen-bond donors (Lipinski definition) is 1. The molecular formula is C19H19NO6S. The molecule has 0 amide bonds. The molecule has 0 saturated heterocycles. The molecule has 0 aromatic heterocycles. The molecular weight excluding hydrogens is 370 g/mol. The van der Waals surface area contributed by atoms with E-state index < -0.39 is 30.1 Å². The number of nitrogens with two attached hydrogens (primary N) is 1. The molecule has 0 heterocycles. The van der Waals surface area contributed by atoms with Crippen molar-refractivity contribution in [3.63, 3.8) is 0 Å². The third-order valence-corrected chi connectivity index (χ3v) is 4.16. The van der Waals surface area contributed by atoms with Crippen LogP contribution in [0.1, 0.15) is 15.9 Å². The number of carbonyl (C=O) groups excluding carboxylic acids is 3. The van der Waals surface area contributed by atoms with Crippen molar-refractivity contribution < 1.29 is 28.6 Å². The number of hydrogen-bond acceptors (Lipinski definition) is 8. The average Bonchev–Trinajstić information content (AvgIpc) is 2.71. The molecule has 0 aliphatic rings. The first-order chi connectivity index (χ1) is 13.1. The van der Waals surface area contributed by atoms with Crippen LogP contribution < -0.4 is 5.73 Å². The summed E-state index contributed by atoms with van der Waals surface area (Å²) in [5, 5.41) is -0.706. The van der Waals surface area contributed by atoms with Gasteiger partial charge in [0.05, 0.1) is 5.56 Å². The van der Waals surface area contributed by atoms with Crippen molar-refractivity contribution in [1.29, 1.82) is 0 Å². The van der Waals surface area contributed by atoms with E-state index in [1.165, 1.54) is 0 Å². The second-order valence-electron chi connectivity index (χ2n) is 5.32. The lowest BCUT2D eigenvalue weighted by Crippen LogP contribution is -2.35. The van der Waals surface area contributed by atoms with Crippen molar-refractivity contribution in [1.82, 2.24) is 0 Å². The van der Waals surface area contributed by atoms with E-state index in [9.17, 15) is 14.4 Å². The molecule has 142 valence electrons. The van der Waals surface area contributed by atoms with Gasteiger partial charge in [0, 0.05) is 5.75 Å². The van der Waals surface area contributed by atoms with Gasteiger partial charge < -0.3 is 19.9 Å². The Bertz CT molecular complexity index is 753. The van der Waals surface area contributed by atoms with Crippen molar-refractivity contribution in [3.05, 3.63) is 71.8 Å². The predicted octanol–water partition coefficient (Wildman–Crippen LogP) is 2.74. The Kier molecular flexibility index (Phi) is 8.34. The fourth-order valence-electron chi connectivity index (χ4n) is 1.89. The van der Waals surface area contributed by atoms with Crippen LogP contribution in [0.3, 0.4) is 0 Å². The molecule has 2 rings (SSSR count). The number of esters is 2. The van der Waals surface area contributed by atoms with Crippen LogP contribution >= 0.6 is 11.8 Å². The van der Waals surface area contributed by atoms with Crippen LogP contribution in [0.5, 0.6) is 0 Å². The van der Waals surface area contributed by atoms with Crippen molar-refractivity contribution in [2.75, 3.05) is 12.5 Å². The number of carbonyl (C=O) groups is 3. The molecule has 7 nitrogen and oxygen atoms in total. The predicted molar refractivity (Wildman–Crippen MR) is 99.9 cm³/mol. The van der Waals surface area contributed by atoms with Gasteiger partial charge in [0.1, 0.15) is 12.6 Å². The molecule has 0 aliphatic carbocycles. The summed E-state index contributed by atoms with van der Waals surface area (Å²) < 4.78 is 14.7. The number of benzene rings is 2. The molecule has 2 N–H and O–H groups in total. The number of ether oxygens (including phenoxy) is 3. The molecule has 2 aromatic carbocycles. The second-order valence-corrected chi connectivity index (χ2v) is 6.28. The first kappa shape index (κ1) is 20.5. The highest BCUT2D eigenvalue weighted by Crippen LogP contribution is 2.09. The summed E-state index contributed by atoms with van der Waals surface area (Å²) in [5.74, 6) is -1.23. The highest BCUT2D eigenvalue weighted by molar-refractivity contribution is 8.13. The van der Waals surface area contributed by atoms with Gasteiger partial charge in [0.25, 0.3) is 0 Å². The first-order valence-corrected chi connectivity index (χ1v) is 9.02. The Morgan fingerprint density at radius 3 is 2.19 bits per heavy atom. The van der Waals surface area contributed by atoms with Gasteiger partial charge in [-0.2, -0.15) is 0 Å². The monoisotopic (exact) mass is 389 g/mol. The molecule has 0 saturated carbocycles. The quantitative estimate of drug-likeness (QED) is 0.543. The lowest BCUT2D eigenvalue weighted by Gasteiger charge is -2.11. The van der Waals surface area contributed by atoms with E-state index in [4.69, 9.17) is 19.9 Å². The van der Waals surface area contributed by atoms with Gasteiger partial charge in [-0.05, 0) is 29.5 Å². The van der Waals surface area contributed by atoms with Crippen molar-refractivity contribution >= 4 is 29.0 Å². The van der Waals surface area contributed by atoms with Gasteiger partial charge in [-0.3, -0.25) is 4.79 Å². The highest BCUT2D eigenvalue weighted by atomic mass is 32.2. The maximum atomic E-state index is 11.8. The molecule has 27 heavy (non-hydrogen) atoms. The maximum Gasteiger partial charge on any atom is 0.370 e. The summed E-state index contributed by atoms with van der Waals surface area (Å²) in [7, 11) is 0. The largest absolute Gasteiger partial charge is 0.460 e. The lowest BCUT2D eigenvalue weighted by atomic mass is 10.2. The van der Waals surface area contributed by atoms with Crippen molar-refractivity contribution in [2.45, 2.75) is 12.6 Å². The molecule has 2 aromatic rings. The van der Waals surface area contributed by atoms with Crippen LogP contribution in [0.2, 0.25) is 0 Å². The van der Waals surface area contributed by atoms with Gasteiger partial charge in [-0.25, -0.2) is 9.59 Å². The van der Waals surface area contributed by atoms with Gasteiger partial charge >= 0.3 is 17.2 Å². The van der Waals surface area contributed by atoms with Crippen LogP contribution in [0.15, 0.2) is 60.7 Å². The van der Waals surface area contributed by atoms with Crippen LogP contribution in [-0.2, 0) is 25.6 Å². The Morgan fingerprint density at radius 2 is 1.52 bits per heavy atom. The second kappa shape index (κ2) is 11.0. The molecule has 0 unspecified atom stereocenters. The minimum atomic E-state index is -0.974. The summed E-state index contributed by atoms with van der Waals surface area (Å²) in [4.78, 5) is 35.1. The number of thioether (sulfide) groups is 1. The summed E-state index contributed by atoms with van der Waals surface area (Å²) in [6.07, 6.45) is 0. The van der Waals surface area contributed by atoms with Crippen LogP contribution in [-0.4, -0.2) is 35.8 Å². The summed E-state index contributed by atoms with van der Waals surface area (Å²) >= 11 is 0.704. The van der Waals surface area contributed by atoms with E-state index in [-0.39, 0.29) is 12.4 Å². The molecule has 8 heteroatoms. The third-order valence-electron chi connectivity index (χ3n) is 3.28. The van der Waals surface area contributed by atoms with Gasteiger partial charge in [-0.1, -0.05) is 48.5 Å². The van der Waals surface area contributed by atoms with Crippen LogP contribution in [0.4, 0.5) is 4.79 Å². The van der Waals surface area contributed by atoms with Crippen molar-refractivity contribution in [2.24, 2.45) is 5.73 Å². The Morgan fingerprint density at radius 1 is 0.889 bits per heavy atom. The summed E-state index contributed by atoms with van der Waals surface area (Å²) in [6.45, 7) is -0.412. The maximum absolute atomic E-state index is 11.8. The van der Waals surface area contributed by atoms with E-state index in [2.05, 4.69) is 0 Å². The Labute approximate surface area is 160 Å². The molecule has 0 bridgehead atoms. The molecule has 1 atom stereocenters. The summed E-state index contributed by atoms with van der Waals surface area (Å²) in [6, 6.07) is 16.5. The van der Waals surface area contributed by atoms with Gasteiger partial charge in [0.15, 0.2) is 0 Å². The molecule has 0 radical (unpaired) electrons. The Hall–Kier alpha value is -2.84. The lowest BCUT2D eigenvalue weighted by molar-refractivity contribution is -0.145. The van der Waals surface area contributed by atoms with Gasteiger partial charge in [-0.15, -0.1) is 0 Å². The van der Waals surface area contributed by atoms with E-state index in [1.54, 1.807) is 30.3 Å². The van der Waals surface area contributed by atoms with E-state index >= 15 is 0 Å². The zero-order valence-corrected chi connectivity index (χ0v) is 15.2. The van der Waals surface area contributed by atoms with Gasteiger partial charge in [0.2, 0.25) is 6.79 Å². The molecule has 0 fully saturated rings. The topological polar surface area (TPSA) is 105 Å². The van der Waals surface area contributed by atoms with Crippen LogP contribution in [0, 0.1) is 0 Å². The highest BCUT2D eigenvalue weighted by Gasteiger charge is 2.18. The Balaban J connectivity index is 1.61. The first-order valence-electron chi connectivity index (χ1n) is 8.04. The average molecular weight is 389 g/mol. The smallest absolute Gasteiger partial charge is 0.370 e. The minimum absolute atomic E-state index is 0.0148. The van der Waals surface area contributed by atoms with E-state index in [0.29, 0.717) is 17.3 Å². The van der Waals surface area contributed by atoms with E-state index in [1.807, 2.05) is 30.3 Å². The summed E-state index contributed by atoms with van der Waals surface area (Å²) in [5.41, 5.74) is 6.88. The zero-order valence-electron chi connectivity index (χ0n) is 14.4. The normalized spacial score (nSPS) is 11.3. The minimum Gasteiger partial charge on any atom is -0.460 e. The van der Waals surface area contributed by atoms with Crippen molar-refractivity contribution in [3.8, 4) is 0 Å². The SMILES string of the molecule is N[C@@H](CSC(=O)OCOC(=O)c1ccccc1)C(=O)OCc1ccccc1. The molecule has 0 aliphatic heterocycles. The van der Waals surface area contributed by atoms with E-state index in [0.717, 1.165) is 5.56 Å². The fraction of sp³-hybridized carbons (Fsp3) is 0.211. The standard InChI is InChI=1S/C19H19NO6S/c20-16(18(22)24-11-14-7-3-1-4-8-14)12-27-19(23)26-13-25-17(21)15-9-5-2-6-10-15/h1-10,16H,11-13,20H2/t16-/m0/s1. The third kappa shape index (κ3) is 7.51. The van der Waals surface area contributed by atoms with Crippen LogP contribution in [0.25, 0.3) is 0 Å².